The van der Waals surface area contributed by atoms with Gasteiger partial charge in [-0.1, -0.05) is 23.2 Å². The van der Waals surface area contributed by atoms with Crippen LogP contribution in [0.2, 0.25) is 10.0 Å². The summed E-state index contributed by atoms with van der Waals surface area (Å²) in [5, 5.41) is 0.919. The molecule has 1 aliphatic rings. The van der Waals surface area contributed by atoms with Gasteiger partial charge in [-0.25, -0.2) is 0 Å². The van der Waals surface area contributed by atoms with Gasteiger partial charge in [-0.05, 0) is 24.6 Å². The van der Waals surface area contributed by atoms with Gasteiger partial charge >= 0.3 is 0 Å². The van der Waals surface area contributed by atoms with Crippen molar-refractivity contribution in [2.45, 2.75) is 6.42 Å². The molecule has 0 saturated carbocycles. The molecule has 92 valence electrons. The number of hydrogen-bond donors (Lipinski definition) is 2. The zero-order valence-corrected chi connectivity index (χ0v) is 10.5. The maximum absolute atomic E-state index is 11.7. The molecule has 6 heteroatoms. The molecule has 1 unspecified atom stereocenters. The van der Waals surface area contributed by atoms with Crippen LogP contribution in [0.5, 0.6) is 0 Å². The Kier molecular flexibility index (Phi) is 4.10. The Morgan fingerprint density at radius 1 is 1.35 bits per heavy atom. The van der Waals surface area contributed by atoms with Crippen molar-refractivity contribution in [3.8, 4) is 0 Å². The number of benzene rings is 1. The molecule has 1 saturated heterocycles. The Labute approximate surface area is 109 Å². The van der Waals surface area contributed by atoms with Crippen LogP contribution in [0.3, 0.4) is 0 Å². The Balaban J connectivity index is 1.88. The lowest BCUT2D eigenvalue weighted by Crippen LogP contribution is -2.35. The number of halogens is 2. The molecule has 17 heavy (non-hydrogen) atoms. The van der Waals surface area contributed by atoms with Crippen LogP contribution in [0, 0.1) is 5.92 Å². The van der Waals surface area contributed by atoms with Crippen molar-refractivity contribution in [2.75, 3.05) is 18.6 Å². The third-order valence-corrected chi connectivity index (χ3v) is 3.29. The van der Waals surface area contributed by atoms with Crippen molar-refractivity contribution in [1.82, 2.24) is 5.43 Å². The summed E-state index contributed by atoms with van der Waals surface area (Å²) in [5.41, 5.74) is 6.09. The van der Waals surface area contributed by atoms with Crippen molar-refractivity contribution < 1.29 is 9.53 Å². The van der Waals surface area contributed by atoms with E-state index < -0.39 is 0 Å². The molecule has 0 radical (unpaired) electrons. The van der Waals surface area contributed by atoms with Crippen LogP contribution >= 0.6 is 23.2 Å². The largest absolute Gasteiger partial charge is 0.381 e. The molecule has 1 atom stereocenters. The van der Waals surface area contributed by atoms with Crippen LogP contribution in [0.4, 0.5) is 5.69 Å². The molecular weight excluding hydrogens is 263 g/mol. The number of amides is 1. The molecule has 4 nitrogen and oxygen atoms in total. The zero-order valence-electron chi connectivity index (χ0n) is 9.00. The van der Waals surface area contributed by atoms with Gasteiger partial charge in [0.1, 0.15) is 0 Å². The highest BCUT2D eigenvalue weighted by Gasteiger charge is 2.23. The Morgan fingerprint density at radius 2 is 2.18 bits per heavy atom. The van der Waals surface area contributed by atoms with Crippen LogP contribution in [0.25, 0.3) is 0 Å². The molecule has 0 spiro atoms. The van der Waals surface area contributed by atoms with Crippen LogP contribution in [-0.4, -0.2) is 19.1 Å². The van der Waals surface area contributed by atoms with E-state index in [-0.39, 0.29) is 11.8 Å². The number of ether oxygens (including phenoxy) is 1. The summed E-state index contributed by atoms with van der Waals surface area (Å²) in [5.74, 6) is -0.154. The summed E-state index contributed by atoms with van der Waals surface area (Å²) in [6.07, 6.45) is 0.759. The van der Waals surface area contributed by atoms with E-state index in [1.54, 1.807) is 18.2 Å². The molecule has 2 N–H and O–H groups in total. The zero-order chi connectivity index (χ0) is 12.3. The van der Waals surface area contributed by atoms with Crippen molar-refractivity contribution in [3.05, 3.63) is 28.2 Å². The van der Waals surface area contributed by atoms with Gasteiger partial charge in [-0.2, -0.15) is 0 Å². The standard InChI is InChI=1S/C11H12Cl2N2O2/c12-9-2-1-8(5-10(9)13)14-15-11(16)7-3-4-17-6-7/h1-2,5,7,14H,3-4,6H2,(H,15,16). The van der Waals surface area contributed by atoms with Crippen molar-refractivity contribution in [2.24, 2.45) is 5.92 Å². The molecule has 0 aromatic heterocycles. The fraction of sp³-hybridized carbons (Fsp3) is 0.364. The summed E-state index contributed by atoms with van der Waals surface area (Å²) in [4.78, 5) is 11.7. The highest BCUT2D eigenvalue weighted by atomic mass is 35.5. The smallest absolute Gasteiger partial charge is 0.243 e. The first kappa shape index (κ1) is 12.5. The third kappa shape index (κ3) is 3.25. The fourth-order valence-corrected chi connectivity index (χ4v) is 1.85. The minimum Gasteiger partial charge on any atom is -0.381 e. The van der Waals surface area contributed by atoms with Gasteiger partial charge in [0, 0.05) is 6.61 Å². The first-order valence-corrected chi connectivity index (χ1v) is 6.01. The topological polar surface area (TPSA) is 50.4 Å². The number of rotatable bonds is 3. The van der Waals surface area contributed by atoms with E-state index in [1.807, 2.05) is 0 Å². The Bertz CT molecular complexity index is 420. The second-order valence-electron chi connectivity index (χ2n) is 3.80. The molecule has 1 aromatic rings. The van der Waals surface area contributed by atoms with Gasteiger partial charge in [0.15, 0.2) is 0 Å². The number of hydrazine groups is 1. The monoisotopic (exact) mass is 274 g/mol. The van der Waals surface area contributed by atoms with Gasteiger partial charge in [0.25, 0.3) is 0 Å². The molecule has 0 bridgehead atoms. The lowest BCUT2D eigenvalue weighted by Gasteiger charge is -2.11. The van der Waals surface area contributed by atoms with Crippen molar-refractivity contribution in [3.63, 3.8) is 0 Å². The fourth-order valence-electron chi connectivity index (χ4n) is 1.55. The maximum Gasteiger partial charge on any atom is 0.243 e. The first-order chi connectivity index (χ1) is 8.16. The molecule has 1 aromatic carbocycles. The quantitative estimate of drug-likeness (QED) is 0.833. The molecule has 2 rings (SSSR count). The number of carbonyl (C=O) groups excluding carboxylic acids is 1. The predicted molar refractivity (Wildman–Crippen MR) is 67.2 cm³/mol. The van der Waals surface area contributed by atoms with Gasteiger partial charge in [-0.3, -0.25) is 15.6 Å². The highest BCUT2D eigenvalue weighted by Crippen LogP contribution is 2.24. The maximum atomic E-state index is 11.7. The Morgan fingerprint density at radius 3 is 2.82 bits per heavy atom. The summed E-state index contributed by atoms with van der Waals surface area (Å²) < 4.78 is 5.14. The number of anilines is 1. The molecule has 0 aliphatic carbocycles. The van der Waals surface area contributed by atoms with Crippen LogP contribution in [-0.2, 0) is 9.53 Å². The molecule has 1 heterocycles. The molecule has 1 aliphatic heterocycles. The SMILES string of the molecule is O=C(NNc1ccc(Cl)c(Cl)c1)C1CCOC1. The number of carbonyl (C=O) groups is 1. The van der Waals surface area contributed by atoms with Crippen LogP contribution in [0.15, 0.2) is 18.2 Å². The summed E-state index contributed by atoms with van der Waals surface area (Å²) in [6, 6.07) is 5.05. The average molecular weight is 275 g/mol. The average Bonchev–Trinajstić information content (AvgIpc) is 2.84. The second-order valence-corrected chi connectivity index (χ2v) is 4.62. The molecule has 1 fully saturated rings. The number of nitrogens with one attached hydrogen (secondary N) is 2. The first-order valence-electron chi connectivity index (χ1n) is 5.25. The highest BCUT2D eigenvalue weighted by molar-refractivity contribution is 6.42. The van der Waals surface area contributed by atoms with Crippen molar-refractivity contribution >= 4 is 34.8 Å². The van der Waals surface area contributed by atoms with Gasteiger partial charge in [-0.15, -0.1) is 0 Å². The van der Waals surface area contributed by atoms with E-state index in [0.29, 0.717) is 28.9 Å². The normalized spacial score (nSPS) is 19.1. The van der Waals surface area contributed by atoms with Gasteiger partial charge < -0.3 is 4.74 Å². The van der Waals surface area contributed by atoms with E-state index in [0.717, 1.165) is 6.42 Å². The van der Waals surface area contributed by atoms with Gasteiger partial charge in [0.2, 0.25) is 5.91 Å². The van der Waals surface area contributed by atoms with Crippen LogP contribution in [0.1, 0.15) is 6.42 Å². The third-order valence-electron chi connectivity index (χ3n) is 2.55. The number of hydrogen-bond acceptors (Lipinski definition) is 3. The minimum atomic E-state index is -0.0785. The van der Waals surface area contributed by atoms with Crippen molar-refractivity contribution in [1.29, 1.82) is 0 Å². The minimum absolute atomic E-state index is 0.0754. The molecule has 1 amide bonds. The lowest BCUT2D eigenvalue weighted by molar-refractivity contribution is -0.124. The second kappa shape index (κ2) is 5.58. The van der Waals surface area contributed by atoms with Gasteiger partial charge in [0.05, 0.1) is 28.3 Å². The van der Waals surface area contributed by atoms with E-state index >= 15 is 0 Å². The van der Waals surface area contributed by atoms with E-state index in [9.17, 15) is 4.79 Å². The van der Waals surface area contributed by atoms with E-state index in [1.165, 1.54) is 0 Å². The predicted octanol–water partition coefficient (Wildman–Crippen LogP) is 2.47. The van der Waals surface area contributed by atoms with E-state index in [2.05, 4.69) is 10.9 Å². The lowest BCUT2D eigenvalue weighted by atomic mass is 10.1. The summed E-state index contributed by atoms with van der Waals surface area (Å²) >= 11 is 11.6. The Hall–Kier alpha value is -0.970. The van der Waals surface area contributed by atoms with Crippen LogP contribution < -0.4 is 10.9 Å². The molecular formula is C11H12Cl2N2O2. The van der Waals surface area contributed by atoms with E-state index in [4.69, 9.17) is 27.9 Å². The summed E-state index contributed by atoms with van der Waals surface area (Å²) in [7, 11) is 0. The summed E-state index contributed by atoms with van der Waals surface area (Å²) in [6.45, 7) is 1.12.